The molecular formula is C17H24N2O2. The SMILES string of the molecule is CCC1(CC)NC(=O)CN(Cc2c(C)cccc2C)C1=O. The molecule has 0 unspecified atom stereocenters. The lowest BCUT2D eigenvalue weighted by molar-refractivity contribution is -0.151. The van der Waals surface area contributed by atoms with Crippen LogP contribution in [0.15, 0.2) is 18.2 Å². The maximum absolute atomic E-state index is 12.8. The van der Waals surface area contributed by atoms with Gasteiger partial charge in [-0.25, -0.2) is 0 Å². The van der Waals surface area contributed by atoms with Gasteiger partial charge in [-0.2, -0.15) is 0 Å². The van der Waals surface area contributed by atoms with E-state index in [2.05, 4.69) is 5.32 Å². The maximum Gasteiger partial charge on any atom is 0.249 e. The number of carbonyl (C=O) groups excluding carboxylic acids is 2. The van der Waals surface area contributed by atoms with Crippen molar-refractivity contribution in [3.05, 3.63) is 34.9 Å². The average Bonchev–Trinajstić information content (AvgIpc) is 2.46. The zero-order chi connectivity index (χ0) is 15.6. The Hall–Kier alpha value is -1.84. The van der Waals surface area contributed by atoms with Crippen molar-refractivity contribution in [1.82, 2.24) is 10.2 Å². The number of hydrogen-bond donors (Lipinski definition) is 1. The first-order valence-corrected chi connectivity index (χ1v) is 7.59. The van der Waals surface area contributed by atoms with Crippen LogP contribution in [0.25, 0.3) is 0 Å². The van der Waals surface area contributed by atoms with E-state index in [1.54, 1.807) is 4.90 Å². The molecule has 0 atom stereocenters. The minimum Gasteiger partial charge on any atom is -0.340 e. The molecule has 1 aromatic carbocycles. The third-order valence-electron chi connectivity index (χ3n) is 4.61. The summed E-state index contributed by atoms with van der Waals surface area (Å²) in [5.41, 5.74) is 2.73. The number of piperazine rings is 1. The van der Waals surface area contributed by atoms with E-state index in [1.165, 1.54) is 0 Å². The Balaban J connectivity index is 2.31. The molecule has 1 aromatic rings. The third-order valence-corrected chi connectivity index (χ3v) is 4.61. The van der Waals surface area contributed by atoms with Crippen LogP contribution < -0.4 is 5.32 Å². The molecule has 2 rings (SSSR count). The van der Waals surface area contributed by atoms with Gasteiger partial charge in [-0.15, -0.1) is 0 Å². The second-order valence-electron chi connectivity index (χ2n) is 5.87. The van der Waals surface area contributed by atoms with Crippen LogP contribution in [-0.2, 0) is 16.1 Å². The highest BCUT2D eigenvalue weighted by Crippen LogP contribution is 2.25. The van der Waals surface area contributed by atoms with Crippen LogP contribution in [0.3, 0.4) is 0 Å². The van der Waals surface area contributed by atoms with Gasteiger partial charge in [0.05, 0.1) is 6.54 Å². The number of hydrogen-bond acceptors (Lipinski definition) is 2. The smallest absolute Gasteiger partial charge is 0.249 e. The summed E-state index contributed by atoms with van der Waals surface area (Å²) in [5.74, 6) is -0.0284. The summed E-state index contributed by atoms with van der Waals surface area (Å²) in [6, 6.07) is 6.11. The van der Waals surface area contributed by atoms with Gasteiger partial charge < -0.3 is 10.2 Å². The molecule has 1 aliphatic heterocycles. The highest BCUT2D eigenvalue weighted by atomic mass is 16.2. The van der Waals surface area contributed by atoms with E-state index >= 15 is 0 Å². The third kappa shape index (κ3) is 2.80. The van der Waals surface area contributed by atoms with Crippen molar-refractivity contribution < 1.29 is 9.59 Å². The average molecular weight is 288 g/mol. The maximum atomic E-state index is 12.8. The monoisotopic (exact) mass is 288 g/mol. The molecule has 4 nitrogen and oxygen atoms in total. The summed E-state index contributed by atoms with van der Waals surface area (Å²) in [6.45, 7) is 8.64. The molecule has 1 N–H and O–H groups in total. The van der Waals surface area contributed by atoms with Gasteiger partial charge in [0.25, 0.3) is 0 Å². The number of benzene rings is 1. The number of nitrogens with one attached hydrogen (secondary N) is 1. The fraction of sp³-hybridized carbons (Fsp3) is 0.529. The molecule has 1 fully saturated rings. The Kier molecular flexibility index (Phi) is 4.35. The van der Waals surface area contributed by atoms with Crippen molar-refractivity contribution in [3.63, 3.8) is 0 Å². The van der Waals surface area contributed by atoms with Gasteiger partial charge in [-0.3, -0.25) is 9.59 Å². The minimum atomic E-state index is -0.730. The Morgan fingerprint density at radius 1 is 1.14 bits per heavy atom. The van der Waals surface area contributed by atoms with Crippen molar-refractivity contribution >= 4 is 11.8 Å². The van der Waals surface area contributed by atoms with Gasteiger partial charge >= 0.3 is 0 Å². The van der Waals surface area contributed by atoms with Crippen molar-refractivity contribution in [2.24, 2.45) is 0 Å². The molecule has 0 bridgehead atoms. The van der Waals surface area contributed by atoms with Gasteiger partial charge in [0.15, 0.2) is 0 Å². The van der Waals surface area contributed by atoms with E-state index < -0.39 is 5.54 Å². The van der Waals surface area contributed by atoms with E-state index in [4.69, 9.17) is 0 Å². The van der Waals surface area contributed by atoms with Crippen LogP contribution in [0.5, 0.6) is 0 Å². The number of aryl methyl sites for hydroxylation is 2. The van der Waals surface area contributed by atoms with Crippen LogP contribution in [0.4, 0.5) is 0 Å². The lowest BCUT2D eigenvalue weighted by Crippen LogP contribution is -2.65. The molecule has 2 amide bonds. The molecule has 0 aliphatic carbocycles. The first-order chi connectivity index (χ1) is 9.93. The Bertz CT molecular complexity index is 542. The molecule has 21 heavy (non-hydrogen) atoms. The molecule has 4 heteroatoms. The van der Waals surface area contributed by atoms with Gasteiger partial charge in [0.1, 0.15) is 5.54 Å². The summed E-state index contributed by atoms with van der Waals surface area (Å²) in [6.07, 6.45) is 1.24. The molecule has 0 aromatic heterocycles. The Morgan fingerprint density at radius 2 is 1.71 bits per heavy atom. The van der Waals surface area contributed by atoms with Crippen LogP contribution in [0.1, 0.15) is 43.4 Å². The van der Waals surface area contributed by atoms with Gasteiger partial charge in [-0.05, 0) is 43.4 Å². The molecule has 1 saturated heterocycles. The van der Waals surface area contributed by atoms with E-state index in [0.29, 0.717) is 19.4 Å². The summed E-state index contributed by atoms with van der Waals surface area (Å²) in [5, 5.41) is 2.89. The zero-order valence-corrected chi connectivity index (χ0v) is 13.3. The van der Waals surface area contributed by atoms with Crippen molar-refractivity contribution in [1.29, 1.82) is 0 Å². The Morgan fingerprint density at radius 3 is 2.24 bits per heavy atom. The number of carbonyl (C=O) groups is 2. The molecule has 114 valence electrons. The number of rotatable bonds is 4. The van der Waals surface area contributed by atoms with E-state index in [1.807, 2.05) is 45.9 Å². The van der Waals surface area contributed by atoms with Gasteiger partial charge in [0, 0.05) is 6.54 Å². The second kappa shape index (κ2) is 5.88. The second-order valence-corrected chi connectivity index (χ2v) is 5.87. The molecule has 0 saturated carbocycles. The molecule has 1 heterocycles. The molecule has 0 radical (unpaired) electrons. The molecular weight excluding hydrogens is 264 g/mol. The minimum absolute atomic E-state index is 0.0368. The first kappa shape index (κ1) is 15.5. The number of nitrogens with zero attached hydrogens (tertiary/aromatic N) is 1. The normalized spacial score (nSPS) is 17.8. The zero-order valence-electron chi connectivity index (χ0n) is 13.3. The fourth-order valence-corrected chi connectivity index (χ4v) is 3.05. The quantitative estimate of drug-likeness (QED) is 0.924. The Labute approximate surface area is 126 Å². The van der Waals surface area contributed by atoms with E-state index in [-0.39, 0.29) is 18.4 Å². The van der Waals surface area contributed by atoms with Crippen LogP contribution in [0, 0.1) is 13.8 Å². The van der Waals surface area contributed by atoms with Crippen LogP contribution in [-0.4, -0.2) is 28.8 Å². The van der Waals surface area contributed by atoms with Crippen LogP contribution in [0.2, 0.25) is 0 Å². The highest BCUT2D eigenvalue weighted by molar-refractivity contribution is 5.97. The van der Waals surface area contributed by atoms with Gasteiger partial charge in [-0.1, -0.05) is 32.0 Å². The van der Waals surface area contributed by atoms with Gasteiger partial charge in [0.2, 0.25) is 11.8 Å². The summed E-state index contributed by atoms with van der Waals surface area (Å²) in [4.78, 5) is 26.5. The van der Waals surface area contributed by atoms with E-state index in [0.717, 1.165) is 16.7 Å². The van der Waals surface area contributed by atoms with Crippen molar-refractivity contribution in [3.8, 4) is 0 Å². The highest BCUT2D eigenvalue weighted by Gasteiger charge is 2.43. The van der Waals surface area contributed by atoms with E-state index in [9.17, 15) is 9.59 Å². The number of amides is 2. The standard InChI is InChI=1S/C17H24N2O2/c1-5-17(6-2)16(21)19(11-15(20)18-17)10-14-12(3)8-7-9-13(14)4/h7-9H,5-6,10-11H2,1-4H3,(H,18,20). The van der Waals surface area contributed by atoms with Crippen molar-refractivity contribution in [2.75, 3.05) is 6.54 Å². The van der Waals surface area contributed by atoms with Crippen molar-refractivity contribution in [2.45, 2.75) is 52.6 Å². The predicted molar refractivity (Wildman–Crippen MR) is 82.8 cm³/mol. The van der Waals surface area contributed by atoms with Crippen LogP contribution >= 0.6 is 0 Å². The molecule has 0 spiro atoms. The first-order valence-electron chi connectivity index (χ1n) is 7.59. The largest absolute Gasteiger partial charge is 0.340 e. The summed E-state index contributed by atoms with van der Waals surface area (Å²) in [7, 11) is 0. The predicted octanol–water partition coefficient (Wildman–Crippen LogP) is 2.32. The topological polar surface area (TPSA) is 49.4 Å². The lowest BCUT2D eigenvalue weighted by Gasteiger charge is -2.41. The fourth-order valence-electron chi connectivity index (χ4n) is 3.05. The summed E-state index contributed by atoms with van der Waals surface area (Å²) < 4.78 is 0. The molecule has 1 aliphatic rings. The lowest BCUT2D eigenvalue weighted by atomic mass is 9.88. The summed E-state index contributed by atoms with van der Waals surface area (Å²) >= 11 is 0.